The lowest BCUT2D eigenvalue weighted by atomic mass is 10.4. The van der Waals surface area contributed by atoms with Crippen LogP contribution in [0.4, 0.5) is 0 Å². The van der Waals surface area contributed by atoms with E-state index in [0.717, 1.165) is 19.8 Å². The average molecular weight is 395 g/mol. The van der Waals surface area contributed by atoms with Gasteiger partial charge in [0.05, 0.1) is 5.75 Å². The zero-order chi connectivity index (χ0) is 16.7. The highest BCUT2D eigenvalue weighted by atomic mass is 79.9. The molecule has 0 atom stereocenters. The predicted molar refractivity (Wildman–Crippen MR) is 94.9 cm³/mol. The second kappa shape index (κ2) is 6.01. The third-order valence-corrected chi connectivity index (χ3v) is 5.22. The van der Waals surface area contributed by atoms with Gasteiger partial charge >= 0.3 is 5.69 Å². The maximum Gasteiger partial charge on any atom is 0.332 e. The molecule has 0 radical (unpaired) electrons. The summed E-state index contributed by atoms with van der Waals surface area (Å²) in [6.45, 7) is 0. The molecule has 3 aromatic rings. The molecule has 0 aliphatic carbocycles. The number of hydrogen-bond donors (Lipinski definition) is 0. The van der Waals surface area contributed by atoms with Crippen LogP contribution >= 0.6 is 27.7 Å². The SMILES string of the molecule is Cn1c(=O)c2c(nc(CSc3cccc(Br)c3)n2C)n(C)c1=O. The molecule has 0 amide bonds. The van der Waals surface area contributed by atoms with Gasteiger partial charge in [-0.05, 0) is 18.2 Å². The van der Waals surface area contributed by atoms with E-state index in [-0.39, 0.29) is 11.2 Å². The van der Waals surface area contributed by atoms with Crippen LogP contribution in [0.15, 0.2) is 43.2 Å². The maximum atomic E-state index is 12.3. The van der Waals surface area contributed by atoms with Crippen molar-refractivity contribution in [2.24, 2.45) is 21.1 Å². The van der Waals surface area contributed by atoms with E-state index in [2.05, 4.69) is 20.9 Å². The van der Waals surface area contributed by atoms with Crippen molar-refractivity contribution >= 4 is 38.9 Å². The molecule has 0 saturated carbocycles. The van der Waals surface area contributed by atoms with Gasteiger partial charge in [0, 0.05) is 30.5 Å². The molecule has 2 aromatic heterocycles. The lowest BCUT2D eigenvalue weighted by Crippen LogP contribution is -2.37. The Hall–Kier alpha value is -1.80. The van der Waals surface area contributed by atoms with E-state index in [4.69, 9.17) is 0 Å². The van der Waals surface area contributed by atoms with Gasteiger partial charge in [-0.3, -0.25) is 13.9 Å². The van der Waals surface area contributed by atoms with Crippen molar-refractivity contribution in [1.82, 2.24) is 18.7 Å². The van der Waals surface area contributed by atoms with Crippen LogP contribution in [0.3, 0.4) is 0 Å². The van der Waals surface area contributed by atoms with Crippen molar-refractivity contribution < 1.29 is 0 Å². The first-order chi connectivity index (χ1) is 10.9. The Bertz CT molecular complexity index is 1020. The fourth-order valence-electron chi connectivity index (χ4n) is 2.40. The first-order valence-corrected chi connectivity index (χ1v) is 8.67. The summed E-state index contributed by atoms with van der Waals surface area (Å²) in [5.41, 5.74) is 0.175. The molecule has 1 aromatic carbocycles. The Morgan fingerprint density at radius 3 is 2.57 bits per heavy atom. The monoisotopic (exact) mass is 394 g/mol. The highest BCUT2D eigenvalue weighted by Gasteiger charge is 2.16. The van der Waals surface area contributed by atoms with Gasteiger partial charge in [-0.25, -0.2) is 9.78 Å². The van der Waals surface area contributed by atoms with Gasteiger partial charge in [0.15, 0.2) is 11.2 Å². The summed E-state index contributed by atoms with van der Waals surface area (Å²) in [4.78, 5) is 29.9. The van der Waals surface area contributed by atoms with Crippen molar-refractivity contribution in [2.75, 3.05) is 0 Å². The summed E-state index contributed by atoms with van der Waals surface area (Å²) in [5.74, 6) is 1.36. The average Bonchev–Trinajstić information content (AvgIpc) is 2.86. The Morgan fingerprint density at radius 1 is 1.13 bits per heavy atom. The smallest absolute Gasteiger partial charge is 0.325 e. The molecule has 8 heteroatoms. The highest BCUT2D eigenvalue weighted by molar-refractivity contribution is 9.10. The first kappa shape index (κ1) is 16.1. The van der Waals surface area contributed by atoms with Crippen LogP contribution in [0.25, 0.3) is 11.2 Å². The van der Waals surface area contributed by atoms with E-state index in [1.54, 1.807) is 30.4 Å². The van der Waals surface area contributed by atoms with Crippen LogP contribution in [-0.4, -0.2) is 18.7 Å². The predicted octanol–water partition coefficient (Wildman–Crippen LogP) is 2.03. The third kappa shape index (κ3) is 2.76. The number of aryl methyl sites for hydroxylation is 2. The third-order valence-electron chi connectivity index (χ3n) is 3.73. The van der Waals surface area contributed by atoms with E-state index in [9.17, 15) is 9.59 Å². The molecule has 6 nitrogen and oxygen atoms in total. The number of rotatable bonds is 3. The van der Waals surface area contributed by atoms with Crippen molar-refractivity contribution in [2.45, 2.75) is 10.6 Å². The number of aromatic nitrogens is 4. The largest absolute Gasteiger partial charge is 0.332 e. The summed E-state index contributed by atoms with van der Waals surface area (Å²) in [6, 6.07) is 7.99. The molecule has 23 heavy (non-hydrogen) atoms. The van der Waals surface area contributed by atoms with E-state index in [1.165, 1.54) is 11.6 Å². The van der Waals surface area contributed by atoms with Gasteiger partial charge in [0.1, 0.15) is 5.82 Å². The second-order valence-corrected chi connectivity index (χ2v) is 7.18. The van der Waals surface area contributed by atoms with Gasteiger partial charge in [-0.2, -0.15) is 0 Å². The zero-order valence-corrected chi connectivity index (χ0v) is 15.3. The maximum absolute atomic E-state index is 12.3. The van der Waals surface area contributed by atoms with E-state index < -0.39 is 0 Å². The molecular formula is C15H15BrN4O2S. The fraction of sp³-hybridized carbons (Fsp3) is 0.267. The van der Waals surface area contributed by atoms with Gasteiger partial charge in [0.25, 0.3) is 5.56 Å². The minimum atomic E-state index is -0.369. The number of hydrogen-bond acceptors (Lipinski definition) is 4. The van der Waals surface area contributed by atoms with Crippen LogP contribution in [0.2, 0.25) is 0 Å². The molecule has 0 aliphatic rings. The summed E-state index contributed by atoms with van der Waals surface area (Å²) >= 11 is 5.08. The van der Waals surface area contributed by atoms with Crippen molar-refractivity contribution in [3.05, 3.63) is 55.4 Å². The normalized spacial score (nSPS) is 11.3. The Morgan fingerprint density at radius 2 is 1.87 bits per heavy atom. The van der Waals surface area contributed by atoms with E-state index >= 15 is 0 Å². The van der Waals surface area contributed by atoms with Crippen molar-refractivity contribution in [3.63, 3.8) is 0 Å². The zero-order valence-electron chi connectivity index (χ0n) is 12.9. The molecule has 0 saturated heterocycles. The Kier molecular flexibility index (Phi) is 4.20. The molecule has 3 rings (SSSR count). The van der Waals surface area contributed by atoms with Gasteiger partial charge in [-0.15, -0.1) is 11.8 Å². The molecule has 0 fully saturated rings. The van der Waals surface area contributed by atoms with E-state index in [1.807, 2.05) is 24.3 Å². The van der Waals surface area contributed by atoms with Gasteiger partial charge in [-0.1, -0.05) is 22.0 Å². The molecule has 0 unspecified atom stereocenters. The highest BCUT2D eigenvalue weighted by Crippen LogP contribution is 2.25. The van der Waals surface area contributed by atoms with Crippen LogP contribution in [0.5, 0.6) is 0 Å². The number of benzene rings is 1. The summed E-state index contributed by atoms with van der Waals surface area (Å²) in [6.07, 6.45) is 0. The molecule has 0 N–H and O–H groups in total. The van der Waals surface area contributed by atoms with Gasteiger partial charge in [0.2, 0.25) is 0 Å². The fourth-order valence-corrected chi connectivity index (χ4v) is 3.89. The number of nitrogens with zero attached hydrogens (tertiary/aromatic N) is 4. The van der Waals surface area contributed by atoms with Gasteiger partial charge < -0.3 is 4.57 Å². The minimum absolute atomic E-state index is 0.322. The topological polar surface area (TPSA) is 61.8 Å². The Labute approximate surface area is 144 Å². The molecule has 0 aliphatic heterocycles. The quantitative estimate of drug-likeness (QED) is 0.637. The van der Waals surface area contributed by atoms with Crippen LogP contribution in [-0.2, 0) is 26.9 Å². The van der Waals surface area contributed by atoms with E-state index in [0.29, 0.717) is 16.9 Å². The number of thioether (sulfide) groups is 1. The number of imidazole rings is 1. The summed E-state index contributed by atoms with van der Waals surface area (Å²) in [5, 5.41) is 0. The van der Waals surface area contributed by atoms with Crippen LogP contribution in [0.1, 0.15) is 5.82 Å². The molecule has 120 valence electrons. The van der Waals surface area contributed by atoms with Crippen LogP contribution in [0, 0.1) is 0 Å². The molecule has 0 bridgehead atoms. The molecular weight excluding hydrogens is 380 g/mol. The number of halogens is 1. The Balaban J connectivity index is 2.04. The lowest BCUT2D eigenvalue weighted by Gasteiger charge is -2.04. The minimum Gasteiger partial charge on any atom is -0.325 e. The summed E-state index contributed by atoms with van der Waals surface area (Å²) < 4.78 is 5.30. The van der Waals surface area contributed by atoms with Crippen molar-refractivity contribution in [1.29, 1.82) is 0 Å². The standard InChI is InChI=1S/C15H15BrN4O2S/c1-18-11(8-23-10-6-4-5-9(16)7-10)17-13-12(18)14(21)20(3)15(22)19(13)2/h4-7H,8H2,1-3H3. The van der Waals surface area contributed by atoms with Crippen molar-refractivity contribution in [3.8, 4) is 0 Å². The first-order valence-electron chi connectivity index (χ1n) is 6.90. The lowest BCUT2D eigenvalue weighted by molar-refractivity contribution is 0.705. The molecule has 2 heterocycles. The number of fused-ring (bicyclic) bond motifs is 1. The second-order valence-electron chi connectivity index (χ2n) is 5.21. The summed E-state index contributed by atoms with van der Waals surface area (Å²) in [7, 11) is 4.91. The molecule has 0 spiro atoms. The van der Waals surface area contributed by atoms with Crippen LogP contribution < -0.4 is 11.2 Å².